The molecule has 0 heteroatoms. The molecule has 0 unspecified atom stereocenters. The zero-order valence-electron chi connectivity index (χ0n) is 2.31. The second kappa shape index (κ2) is 0.449. The molecular formula is C4H4. The van der Waals surface area contributed by atoms with E-state index in [1.54, 1.807) is 0 Å². The Balaban J connectivity index is 2.67. The third-order valence-corrected chi connectivity index (χ3v) is 0.444. The van der Waals surface area contributed by atoms with Gasteiger partial charge in [0.1, 0.15) is 0 Å². The van der Waals surface area contributed by atoms with Crippen molar-refractivity contribution < 1.29 is 0 Å². The molecule has 0 bridgehead atoms. The molecule has 0 aromatic rings. The van der Waals surface area contributed by atoms with Crippen LogP contribution in [0.3, 0.4) is 0 Å². The maximum Gasteiger partial charge on any atom is -0.0623 e. The Hall–Kier alpha value is -0.520. The van der Waals surface area contributed by atoms with Gasteiger partial charge in [-0.2, -0.15) is 0 Å². The quantitative estimate of drug-likeness (QED) is 0.363. The summed E-state index contributed by atoms with van der Waals surface area (Å²) < 4.78 is 0. The molecule has 1 rings (SSSR count). The van der Waals surface area contributed by atoms with E-state index in [4.69, 9.17) is 0 Å². The molecule has 0 heterocycles. The molecule has 0 N–H and O–H groups in total. The first-order valence-electron chi connectivity index (χ1n) is 1.33. The van der Waals surface area contributed by atoms with Gasteiger partial charge in [-0.25, -0.2) is 0 Å². The molecule has 0 saturated heterocycles. The molecule has 0 aromatic carbocycles. The molecule has 1 aliphatic rings. The van der Waals surface area contributed by atoms with Crippen LogP contribution in [-0.2, 0) is 0 Å². The fourth-order valence-electron chi connectivity index (χ4n) is 0.111. The first-order chi connectivity index (χ1) is 2.00. The van der Waals surface area contributed by atoms with Gasteiger partial charge in [0, 0.05) is 0 Å². The average molecular weight is 54.1 g/mol. The maximum absolute atomic E-state index is 2.00. The minimum Gasteiger partial charge on any atom is -0.0623 e. The van der Waals surface area contributed by atoms with Gasteiger partial charge in [-0.1, -0.05) is 24.3 Å². The van der Waals surface area contributed by atoms with Gasteiger partial charge in [-0.3, -0.25) is 0 Å². The predicted octanol–water partition coefficient (Wildman–Crippen LogP) is 1.11. The highest BCUT2D eigenvalue weighted by Crippen LogP contribution is 1.86. The molecule has 0 radical (unpaired) electrons. The van der Waals surface area contributed by atoms with E-state index in [-0.39, 0.29) is 0 Å². The summed E-state index contributed by atoms with van der Waals surface area (Å²) in [4.78, 5) is 0. The summed E-state index contributed by atoms with van der Waals surface area (Å²) in [6.07, 6.45) is 8.00. The number of hydrogen-bond donors (Lipinski definition) is 0. The summed E-state index contributed by atoms with van der Waals surface area (Å²) in [6, 6.07) is 0. The van der Waals surface area contributed by atoms with Crippen LogP contribution in [0.5, 0.6) is 0 Å². The van der Waals surface area contributed by atoms with Crippen LogP contribution < -0.4 is 0 Å². The third-order valence-electron chi connectivity index (χ3n) is 0.444. The van der Waals surface area contributed by atoms with Crippen LogP contribution in [0.25, 0.3) is 0 Å². The monoisotopic (exact) mass is 54.0 g/mol. The van der Waals surface area contributed by atoms with E-state index >= 15 is 0 Å². The normalized spacial score (nSPS) is 16.0. The van der Waals surface area contributed by atoms with Crippen molar-refractivity contribution in [1.29, 1.82) is 0 Å². The smallest absolute Gasteiger partial charge is 0.0623 e. The van der Waals surface area contributed by atoms with Gasteiger partial charge in [0.05, 0.1) is 0 Å². The van der Waals surface area contributed by atoms with E-state index in [0.29, 0.717) is 0 Å². The highest BCUT2D eigenvalue weighted by Gasteiger charge is 1.65. The predicted molar refractivity (Wildman–Crippen MR) is 18.3 cm³/mol. The zero-order valence-corrected chi connectivity index (χ0v) is 2.31. The Morgan fingerprint density at radius 1 is 0.500 bits per heavy atom. The van der Waals surface area contributed by atoms with E-state index in [1.165, 1.54) is 0 Å². The van der Waals surface area contributed by atoms with Crippen LogP contribution in [0.2, 0.25) is 0 Å². The minimum absolute atomic E-state index is 2.00. The maximum atomic E-state index is 2.00. The van der Waals surface area contributed by atoms with E-state index in [0.717, 1.165) is 0 Å². The van der Waals surface area contributed by atoms with Crippen LogP contribution in [0.1, 0.15) is 0 Å². The molecule has 0 nitrogen and oxygen atoms in total. The SMILES string of the molecule is C1=C[13CH]=[13CH]1. The van der Waals surface area contributed by atoms with E-state index in [9.17, 15) is 0 Å². The fourth-order valence-corrected chi connectivity index (χ4v) is 0.111. The highest BCUT2D eigenvalue weighted by molar-refractivity contribution is 5.22. The summed E-state index contributed by atoms with van der Waals surface area (Å²) in [7, 11) is 0. The first-order valence-corrected chi connectivity index (χ1v) is 1.33. The Kier molecular flexibility index (Phi) is 0.198. The van der Waals surface area contributed by atoms with Crippen molar-refractivity contribution in [2.45, 2.75) is 0 Å². The van der Waals surface area contributed by atoms with Crippen LogP contribution in [0.15, 0.2) is 24.3 Å². The van der Waals surface area contributed by atoms with Crippen molar-refractivity contribution in [3.63, 3.8) is 0 Å². The summed E-state index contributed by atoms with van der Waals surface area (Å²) in [5.74, 6) is 0. The van der Waals surface area contributed by atoms with Crippen molar-refractivity contribution in [2.24, 2.45) is 0 Å². The Labute approximate surface area is 25.4 Å². The summed E-state index contributed by atoms with van der Waals surface area (Å²) in [6.45, 7) is 0. The molecule has 0 saturated carbocycles. The number of allylic oxidation sites excluding steroid dienone is 4. The number of hydrogen-bond acceptors (Lipinski definition) is 0. The van der Waals surface area contributed by atoms with Gasteiger partial charge >= 0.3 is 0 Å². The van der Waals surface area contributed by atoms with Crippen molar-refractivity contribution in [2.75, 3.05) is 0 Å². The molecule has 0 fully saturated rings. The molecule has 0 aromatic heterocycles. The Morgan fingerprint density at radius 2 is 0.750 bits per heavy atom. The topological polar surface area (TPSA) is 0 Å². The average Bonchev–Trinajstić information content (AvgIpc) is 0.722. The Bertz CT molecular complexity index is 40.4. The van der Waals surface area contributed by atoms with Crippen LogP contribution in [0, 0.1) is 0 Å². The van der Waals surface area contributed by atoms with Gasteiger partial charge in [0.2, 0.25) is 0 Å². The standard InChI is InChI=1S/C4H4/c1-2-4-3-1/h1-4H/i1+1,2+1. The zero-order chi connectivity index (χ0) is 2.83. The molecule has 0 amide bonds. The molecular weight excluding hydrogens is 50.0 g/mol. The summed E-state index contributed by atoms with van der Waals surface area (Å²) in [5.41, 5.74) is 0. The molecule has 20 valence electrons. The van der Waals surface area contributed by atoms with Crippen LogP contribution in [-0.4, -0.2) is 0 Å². The van der Waals surface area contributed by atoms with Crippen molar-refractivity contribution >= 4 is 0 Å². The fraction of sp³-hybridized carbons (Fsp3) is 0. The lowest BCUT2D eigenvalue weighted by atomic mass is 10.7. The van der Waals surface area contributed by atoms with Gasteiger partial charge in [0.15, 0.2) is 0 Å². The van der Waals surface area contributed by atoms with E-state index in [1.807, 2.05) is 24.3 Å². The minimum atomic E-state index is 2.00. The van der Waals surface area contributed by atoms with E-state index < -0.39 is 0 Å². The van der Waals surface area contributed by atoms with Gasteiger partial charge in [-0.15, -0.1) is 0 Å². The lowest BCUT2D eigenvalue weighted by Gasteiger charge is -1.77. The molecule has 1 aliphatic carbocycles. The van der Waals surface area contributed by atoms with Crippen LogP contribution >= 0.6 is 0 Å². The lowest BCUT2D eigenvalue weighted by molar-refractivity contribution is 1.81. The summed E-state index contributed by atoms with van der Waals surface area (Å²) in [5, 5.41) is 0. The van der Waals surface area contributed by atoms with Gasteiger partial charge < -0.3 is 0 Å². The third kappa shape index (κ3) is 0.0282. The number of rotatable bonds is 0. The largest absolute Gasteiger partial charge is 0.0623 e. The van der Waals surface area contributed by atoms with E-state index in [2.05, 4.69) is 0 Å². The van der Waals surface area contributed by atoms with Gasteiger partial charge in [0.25, 0.3) is 0 Å². The first kappa shape index (κ1) is 1.77. The van der Waals surface area contributed by atoms with Crippen molar-refractivity contribution in [3.8, 4) is 0 Å². The molecule has 0 spiro atoms. The summed E-state index contributed by atoms with van der Waals surface area (Å²) >= 11 is 0. The van der Waals surface area contributed by atoms with Gasteiger partial charge in [-0.05, 0) is 0 Å². The molecule has 0 atom stereocenters. The van der Waals surface area contributed by atoms with Crippen molar-refractivity contribution in [1.82, 2.24) is 0 Å². The lowest BCUT2D eigenvalue weighted by Crippen LogP contribution is -1.55. The second-order valence-corrected chi connectivity index (χ2v) is 0.770. The molecule has 4 heavy (non-hydrogen) atoms. The molecule has 0 aliphatic heterocycles. The van der Waals surface area contributed by atoms with Crippen LogP contribution in [0.4, 0.5) is 0 Å². The van der Waals surface area contributed by atoms with Crippen molar-refractivity contribution in [3.05, 3.63) is 24.3 Å². The second-order valence-electron chi connectivity index (χ2n) is 0.770. The Morgan fingerprint density at radius 3 is 0.750 bits per heavy atom. The highest BCUT2D eigenvalue weighted by atomic mass is 14.3.